The van der Waals surface area contributed by atoms with Gasteiger partial charge in [0, 0.05) is 31.0 Å². The summed E-state index contributed by atoms with van der Waals surface area (Å²) < 4.78 is 6.19. The van der Waals surface area contributed by atoms with E-state index in [1.165, 1.54) is 16.7 Å². The van der Waals surface area contributed by atoms with Gasteiger partial charge in [0.25, 0.3) is 0 Å². The number of likely N-dealkylation sites (N-methyl/N-ethyl adjacent to an activating group) is 1. The molecular formula is C29H50N4O5S. The molecule has 0 aromatic carbocycles. The molecule has 0 radical (unpaired) electrons. The minimum absolute atomic E-state index is 0.00918. The van der Waals surface area contributed by atoms with Crippen LogP contribution in [0.5, 0.6) is 0 Å². The number of nitrogens with one attached hydrogen (secondary N) is 1. The summed E-state index contributed by atoms with van der Waals surface area (Å²) in [6.45, 7) is 14.3. The van der Waals surface area contributed by atoms with Gasteiger partial charge in [0.2, 0.25) is 11.8 Å². The molecular weight excluding hydrogens is 516 g/mol. The zero-order valence-electron chi connectivity index (χ0n) is 24.9. The van der Waals surface area contributed by atoms with Crippen molar-refractivity contribution < 1.29 is 24.2 Å². The third kappa shape index (κ3) is 9.25. The first-order valence-corrected chi connectivity index (χ1v) is 15.5. The number of carbonyl (C=O) groups is 3. The van der Waals surface area contributed by atoms with Crippen molar-refractivity contribution in [3.8, 4) is 0 Å². The topological polar surface area (TPSA) is 112 Å². The van der Waals surface area contributed by atoms with Gasteiger partial charge in [-0.1, -0.05) is 54.4 Å². The van der Waals surface area contributed by atoms with Crippen molar-refractivity contribution in [1.82, 2.24) is 20.1 Å². The second-order valence-corrected chi connectivity index (χ2v) is 12.1. The summed E-state index contributed by atoms with van der Waals surface area (Å²) >= 11 is 1.28. The Balaban J connectivity index is 2.36. The predicted octanol–water partition coefficient (Wildman–Crippen LogP) is 4.98. The highest BCUT2D eigenvalue weighted by Gasteiger charge is 2.38. The molecule has 1 aromatic rings. The second kappa shape index (κ2) is 16.3. The van der Waals surface area contributed by atoms with Crippen molar-refractivity contribution in [2.45, 2.75) is 111 Å². The maximum absolute atomic E-state index is 14.3. The number of likely N-dealkylation sites (tertiary alicyclic amines) is 1. The highest BCUT2D eigenvalue weighted by molar-refractivity contribution is 7.09. The van der Waals surface area contributed by atoms with Crippen LogP contribution < -0.4 is 5.32 Å². The van der Waals surface area contributed by atoms with Crippen LogP contribution in [0.15, 0.2) is 5.38 Å². The lowest BCUT2D eigenvalue weighted by Crippen LogP contribution is -2.58. The van der Waals surface area contributed by atoms with Gasteiger partial charge in [0.1, 0.15) is 17.2 Å². The number of aromatic carboxylic acids is 1. The first-order valence-electron chi connectivity index (χ1n) is 14.7. The van der Waals surface area contributed by atoms with E-state index in [1.54, 1.807) is 0 Å². The Morgan fingerprint density at radius 3 is 2.46 bits per heavy atom. The third-order valence-electron chi connectivity index (χ3n) is 7.76. The van der Waals surface area contributed by atoms with E-state index in [1.807, 2.05) is 32.7 Å². The van der Waals surface area contributed by atoms with E-state index in [0.717, 1.165) is 45.1 Å². The molecule has 0 saturated carbocycles. The van der Waals surface area contributed by atoms with Crippen LogP contribution >= 0.6 is 11.3 Å². The monoisotopic (exact) mass is 566 g/mol. The minimum Gasteiger partial charge on any atom is -0.476 e. The van der Waals surface area contributed by atoms with E-state index >= 15 is 0 Å². The molecule has 5 atom stereocenters. The lowest BCUT2D eigenvalue weighted by molar-refractivity contribution is -0.143. The van der Waals surface area contributed by atoms with Crippen molar-refractivity contribution in [3.05, 3.63) is 16.1 Å². The number of amides is 2. The molecule has 0 spiro atoms. The maximum atomic E-state index is 14.3. The summed E-state index contributed by atoms with van der Waals surface area (Å²) in [5.74, 6) is -1.10. The SMILES string of the molecule is CCCO[C@H](C[C@H](C(C)C)N(CCC)C(=O)[C@@H](NC(=O)[C@@H]1CCCCN1C)[C@@H](C)CC)c1nc(C(=O)O)cs1. The van der Waals surface area contributed by atoms with Crippen molar-refractivity contribution >= 4 is 29.1 Å². The summed E-state index contributed by atoms with van der Waals surface area (Å²) in [5, 5.41) is 14.7. The van der Waals surface area contributed by atoms with E-state index in [2.05, 4.69) is 36.0 Å². The minimum atomic E-state index is -1.06. The van der Waals surface area contributed by atoms with Crippen LogP contribution in [0, 0.1) is 11.8 Å². The summed E-state index contributed by atoms with van der Waals surface area (Å²) in [4.78, 5) is 47.5. The van der Waals surface area contributed by atoms with Gasteiger partial charge in [-0.3, -0.25) is 14.5 Å². The number of hydrogen-bond acceptors (Lipinski definition) is 7. The van der Waals surface area contributed by atoms with E-state index in [0.29, 0.717) is 24.6 Å². The molecule has 1 aliphatic heterocycles. The average molecular weight is 567 g/mol. The van der Waals surface area contributed by atoms with Crippen LogP contribution in [0.4, 0.5) is 0 Å². The molecule has 1 aromatic heterocycles. The number of nitrogens with zero attached hydrogens (tertiary/aromatic N) is 3. The van der Waals surface area contributed by atoms with Gasteiger partial charge in [-0.25, -0.2) is 9.78 Å². The molecule has 0 unspecified atom stereocenters. The normalized spacial score (nSPS) is 19.3. The van der Waals surface area contributed by atoms with Crippen molar-refractivity contribution in [3.63, 3.8) is 0 Å². The van der Waals surface area contributed by atoms with Gasteiger partial charge < -0.3 is 20.1 Å². The van der Waals surface area contributed by atoms with Gasteiger partial charge >= 0.3 is 5.97 Å². The lowest BCUT2D eigenvalue weighted by atomic mass is 9.92. The molecule has 1 aliphatic rings. The standard InChI is InChI=1S/C29H50N4O5S/c1-8-14-33(28(35)25(20(6)10-3)31-26(34)22-13-11-12-15-32(22)7)23(19(4)5)17-24(38-16-9-2)27-30-21(18-39-27)29(36)37/h18-20,22-25H,8-17H2,1-7H3,(H,31,34)(H,36,37)/t20-,22-,23+,24+,25-/m0/s1. The van der Waals surface area contributed by atoms with Crippen LogP contribution in [0.2, 0.25) is 0 Å². The van der Waals surface area contributed by atoms with Gasteiger partial charge in [-0.05, 0) is 51.1 Å². The molecule has 0 aliphatic carbocycles. The average Bonchev–Trinajstić information content (AvgIpc) is 3.41. The highest BCUT2D eigenvalue weighted by Crippen LogP contribution is 2.31. The number of hydrogen-bond donors (Lipinski definition) is 2. The van der Waals surface area contributed by atoms with E-state index in [9.17, 15) is 19.5 Å². The number of carboxylic acids is 1. The molecule has 2 amide bonds. The van der Waals surface area contributed by atoms with Crippen LogP contribution in [-0.4, -0.2) is 82.5 Å². The van der Waals surface area contributed by atoms with Crippen molar-refractivity contribution in [2.75, 3.05) is 26.7 Å². The number of piperidine rings is 1. The fourth-order valence-electron chi connectivity index (χ4n) is 5.21. The van der Waals surface area contributed by atoms with E-state index in [4.69, 9.17) is 4.74 Å². The second-order valence-electron chi connectivity index (χ2n) is 11.2. The molecule has 9 nitrogen and oxygen atoms in total. The van der Waals surface area contributed by atoms with Gasteiger partial charge in [-0.15, -0.1) is 11.3 Å². The summed E-state index contributed by atoms with van der Waals surface area (Å²) in [6, 6.07) is -0.991. The fraction of sp³-hybridized carbons (Fsp3) is 0.793. The van der Waals surface area contributed by atoms with Crippen LogP contribution in [0.3, 0.4) is 0 Å². The summed E-state index contributed by atoms with van der Waals surface area (Å²) in [6.07, 6.45) is 5.35. The largest absolute Gasteiger partial charge is 0.476 e. The zero-order valence-corrected chi connectivity index (χ0v) is 25.8. The van der Waals surface area contributed by atoms with E-state index in [-0.39, 0.29) is 41.4 Å². The molecule has 2 N–H and O–H groups in total. The number of rotatable bonds is 16. The van der Waals surface area contributed by atoms with Crippen LogP contribution in [0.1, 0.15) is 108 Å². The first-order chi connectivity index (χ1) is 18.5. The predicted molar refractivity (Wildman–Crippen MR) is 155 cm³/mol. The molecule has 39 heavy (non-hydrogen) atoms. The van der Waals surface area contributed by atoms with Crippen molar-refractivity contribution in [2.24, 2.45) is 11.8 Å². The summed E-state index contributed by atoms with van der Waals surface area (Å²) in [5.41, 5.74) is 0.00918. The molecule has 1 saturated heterocycles. The van der Waals surface area contributed by atoms with Crippen LogP contribution in [0.25, 0.3) is 0 Å². The lowest BCUT2D eigenvalue weighted by Gasteiger charge is -2.40. The Labute approximate surface area is 238 Å². The Hall–Kier alpha value is -2.04. The quantitative estimate of drug-likeness (QED) is 0.290. The van der Waals surface area contributed by atoms with Gasteiger partial charge in [0.05, 0.1) is 6.04 Å². The fourth-order valence-corrected chi connectivity index (χ4v) is 6.06. The van der Waals surface area contributed by atoms with Gasteiger partial charge in [-0.2, -0.15) is 0 Å². The third-order valence-corrected chi connectivity index (χ3v) is 8.70. The number of ether oxygens (including phenoxy) is 1. The Morgan fingerprint density at radius 1 is 1.21 bits per heavy atom. The Kier molecular flexibility index (Phi) is 13.8. The Morgan fingerprint density at radius 2 is 1.92 bits per heavy atom. The smallest absolute Gasteiger partial charge is 0.355 e. The molecule has 10 heteroatoms. The summed E-state index contributed by atoms with van der Waals surface area (Å²) in [7, 11) is 1.98. The molecule has 222 valence electrons. The molecule has 1 fully saturated rings. The van der Waals surface area contributed by atoms with Gasteiger partial charge in [0.15, 0.2) is 5.69 Å². The maximum Gasteiger partial charge on any atom is 0.355 e. The molecule has 2 heterocycles. The number of carbonyl (C=O) groups excluding carboxylic acids is 2. The zero-order chi connectivity index (χ0) is 29.1. The molecule has 0 bridgehead atoms. The highest BCUT2D eigenvalue weighted by atomic mass is 32.1. The molecule has 2 rings (SSSR count). The number of aromatic nitrogens is 1. The van der Waals surface area contributed by atoms with Crippen molar-refractivity contribution in [1.29, 1.82) is 0 Å². The number of carboxylic acid groups (broad SMARTS) is 1. The Bertz CT molecular complexity index is 923. The first kappa shape index (κ1) is 33.2. The number of thiazole rings is 1. The van der Waals surface area contributed by atoms with Crippen LogP contribution in [-0.2, 0) is 14.3 Å². The van der Waals surface area contributed by atoms with E-state index < -0.39 is 18.1 Å².